The van der Waals surface area contributed by atoms with Crippen molar-refractivity contribution in [2.45, 2.75) is 12.5 Å². The van der Waals surface area contributed by atoms with Crippen molar-refractivity contribution in [3.05, 3.63) is 48.6 Å². The van der Waals surface area contributed by atoms with Crippen LogP contribution in [0.2, 0.25) is 0 Å². The zero-order valence-electron chi connectivity index (χ0n) is 8.49. The van der Waals surface area contributed by atoms with Crippen LogP contribution >= 0.6 is 11.6 Å². The fourth-order valence-electron chi connectivity index (χ4n) is 0.811. The summed E-state index contributed by atoms with van der Waals surface area (Å²) in [7, 11) is 0. The Hall–Kier alpha value is -1.59. The maximum Gasteiger partial charge on any atom is 0.153 e. The molecule has 2 rings (SSSR count). The van der Waals surface area contributed by atoms with Crippen molar-refractivity contribution >= 4 is 11.6 Å². The van der Waals surface area contributed by atoms with Gasteiger partial charge in [0, 0.05) is 24.8 Å². The van der Waals surface area contributed by atoms with E-state index in [4.69, 9.17) is 16.7 Å². The molecule has 0 aliphatic rings. The average molecular weight is 239 g/mol. The lowest BCUT2D eigenvalue weighted by atomic mass is 10.6. The molecule has 0 unspecified atom stereocenters. The van der Waals surface area contributed by atoms with Crippen LogP contribution in [-0.2, 0) is 12.5 Å². The van der Waals surface area contributed by atoms with E-state index in [1.54, 1.807) is 36.9 Å². The molecule has 0 bridgehead atoms. The van der Waals surface area contributed by atoms with Gasteiger partial charge in [-0.3, -0.25) is 0 Å². The smallest absolute Gasteiger partial charge is 0.153 e. The Kier molecular flexibility index (Phi) is 5.98. The molecule has 0 amide bonds. The molecule has 6 heteroatoms. The molecule has 0 saturated heterocycles. The quantitative estimate of drug-likeness (QED) is 0.796. The van der Waals surface area contributed by atoms with E-state index >= 15 is 0 Å². The molecular formula is C10H11ClN4O. The third-order valence-corrected chi connectivity index (χ3v) is 1.74. The van der Waals surface area contributed by atoms with E-state index in [-0.39, 0.29) is 6.61 Å². The molecule has 0 radical (unpaired) electrons. The van der Waals surface area contributed by atoms with E-state index in [1.807, 2.05) is 0 Å². The molecule has 0 spiro atoms. The van der Waals surface area contributed by atoms with Gasteiger partial charge >= 0.3 is 0 Å². The van der Waals surface area contributed by atoms with Gasteiger partial charge in [0.05, 0.1) is 5.88 Å². The second-order valence-corrected chi connectivity index (χ2v) is 2.89. The fraction of sp³-hybridized carbons (Fsp3) is 0.200. The van der Waals surface area contributed by atoms with Gasteiger partial charge in [-0.25, -0.2) is 19.9 Å². The molecule has 5 nitrogen and oxygen atoms in total. The van der Waals surface area contributed by atoms with Crippen molar-refractivity contribution < 1.29 is 5.11 Å². The van der Waals surface area contributed by atoms with Crippen LogP contribution in [0.1, 0.15) is 11.6 Å². The Balaban J connectivity index is 0.000000160. The lowest BCUT2D eigenvalue weighted by Crippen LogP contribution is -1.90. The first-order valence-corrected chi connectivity index (χ1v) is 5.09. The van der Waals surface area contributed by atoms with E-state index in [9.17, 15) is 0 Å². The van der Waals surface area contributed by atoms with Crippen LogP contribution in [0.4, 0.5) is 0 Å². The highest BCUT2D eigenvalue weighted by Crippen LogP contribution is 1.90. The second kappa shape index (κ2) is 7.67. The lowest BCUT2D eigenvalue weighted by Gasteiger charge is -1.87. The highest BCUT2D eigenvalue weighted by Gasteiger charge is 1.85. The maximum atomic E-state index is 8.41. The predicted octanol–water partition coefficient (Wildman–Crippen LogP) is 1.18. The van der Waals surface area contributed by atoms with Crippen LogP contribution in [0.15, 0.2) is 36.9 Å². The summed E-state index contributed by atoms with van der Waals surface area (Å²) in [5.74, 6) is 1.53. The van der Waals surface area contributed by atoms with E-state index in [0.29, 0.717) is 17.5 Å². The van der Waals surface area contributed by atoms with Gasteiger partial charge in [-0.1, -0.05) is 0 Å². The van der Waals surface area contributed by atoms with Crippen molar-refractivity contribution in [2.75, 3.05) is 0 Å². The Morgan fingerprint density at radius 3 is 1.56 bits per heavy atom. The monoisotopic (exact) mass is 238 g/mol. The molecule has 2 aromatic heterocycles. The molecule has 16 heavy (non-hydrogen) atoms. The summed E-state index contributed by atoms with van der Waals surface area (Å²) in [6, 6.07) is 3.47. The highest BCUT2D eigenvalue weighted by molar-refractivity contribution is 6.16. The Bertz CT molecular complexity index is 345. The minimum Gasteiger partial charge on any atom is -0.388 e. The first kappa shape index (κ1) is 12.5. The molecule has 0 fully saturated rings. The van der Waals surface area contributed by atoms with Crippen molar-refractivity contribution in [1.29, 1.82) is 0 Å². The second-order valence-electron chi connectivity index (χ2n) is 2.62. The maximum absolute atomic E-state index is 8.41. The summed E-state index contributed by atoms with van der Waals surface area (Å²) in [6.45, 7) is -0.0825. The summed E-state index contributed by atoms with van der Waals surface area (Å²) < 4.78 is 0. The third kappa shape index (κ3) is 4.77. The molecule has 1 N–H and O–H groups in total. The average Bonchev–Trinajstić information content (AvgIpc) is 2.41. The van der Waals surface area contributed by atoms with Crippen molar-refractivity contribution in [3.63, 3.8) is 0 Å². The van der Waals surface area contributed by atoms with Gasteiger partial charge < -0.3 is 5.11 Å². The Labute approximate surface area is 98.2 Å². The minimum atomic E-state index is -0.0825. The number of aliphatic hydroxyl groups excluding tert-OH is 1. The number of alkyl halides is 1. The molecule has 0 saturated carbocycles. The first-order chi connectivity index (χ1) is 7.86. The number of aromatic nitrogens is 4. The summed E-state index contributed by atoms with van der Waals surface area (Å²) in [4.78, 5) is 15.2. The van der Waals surface area contributed by atoms with Gasteiger partial charge in [-0.15, -0.1) is 11.6 Å². The van der Waals surface area contributed by atoms with Gasteiger partial charge in [-0.05, 0) is 12.1 Å². The molecule has 2 aromatic rings. The standard InChI is InChI=1S/C5H5ClN2.C5H6N2O/c6-4-5-7-2-1-3-8-5;8-4-5-6-2-1-3-7-5/h1-3H,4H2;1-3,8H,4H2. The number of hydrogen-bond acceptors (Lipinski definition) is 5. The molecule has 84 valence electrons. The zero-order chi connectivity index (χ0) is 11.6. The Morgan fingerprint density at radius 2 is 1.31 bits per heavy atom. The van der Waals surface area contributed by atoms with Crippen molar-refractivity contribution in [2.24, 2.45) is 0 Å². The summed E-state index contributed by atoms with van der Waals surface area (Å²) in [5, 5.41) is 8.41. The first-order valence-electron chi connectivity index (χ1n) is 4.55. The molecule has 0 aliphatic carbocycles. The summed E-state index contributed by atoms with van der Waals surface area (Å²) in [5.41, 5.74) is 0. The van der Waals surface area contributed by atoms with Gasteiger partial charge in [0.25, 0.3) is 0 Å². The highest BCUT2D eigenvalue weighted by atomic mass is 35.5. The fourth-order valence-corrected chi connectivity index (χ4v) is 0.949. The van der Waals surface area contributed by atoms with Crippen LogP contribution in [0.5, 0.6) is 0 Å². The van der Waals surface area contributed by atoms with Crippen molar-refractivity contribution in [1.82, 2.24) is 19.9 Å². The normalized spacial score (nSPS) is 9.12. The molecule has 0 aliphatic heterocycles. The number of rotatable bonds is 2. The summed E-state index contributed by atoms with van der Waals surface area (Å²) >= 11 is 5.40. The molecule has 0 aromatic carbocycles. The van der Waals surface area contributed by atoms with Gasteiger partial charge in [-0.2, -0.15) is 0 Å². The Morgan fingerprint density at radius 1 is 0.875 bits per heavy atom. The zero-order valence-corrected chi connectivity index (χ0v) is 9.25. The third-order valence-electron chi connectivity index (χ3n) is 1.50. The van der Waals surface area contributed by atoms with E-state index < -0.39 is 0 Å². The minimum absolute atomic E-state index is 0.0825. The number of nitrogens with zero attached hydrogens (tertiary/aromatic N) is 4. The van der Waals surface area contributed by atoms with Gasteiger partial charge in [0.2, 0.25) is 0 Å². The van der Waals surface area contributed by atoms with Gasteiger partial charge in [0.15, 0.2) is 5.82 Å². The van der Waals surface area contributed by atoms with Crippen LogP contribution < -0.4 is 0 Å². The van der Waals surface area contributed by atoms with Gasteiger partial charge in [0.1, 0.15) is 12.4 Å². The van der Waals surface area contributed by atoms with Crippen LogP contribution in [-0.4, -0.2) is 25.0 Å². The number of hydrogen-bond donors (Lipinski definition) is 1. The number of halogens is 1. The summed E-state index contributed by atoms with van der Waals surface area (Å²) in [6.07, 6.45) is 6.53. The van der Waals surface area contributed by atoms with Crippen LogP contribution in [0, 0.1) is 0 Å². The molecule has 0 atom stereocenters. The predicted molar refractivity (Wildman–Crippen MR) is 59.5 cm³/mol. The number of aliphatic hydroxyl groups is 1. The van der Waals surface area contributed by atoms with E-state index in [0.717, 1.165) is 0 Å². The topological polar surface area (TPSA) is 71.8 Å². The van der Waals surface area contributed by atoms with E-state index in [2.05, 4.69) is 19.9 Å². The SMILES string of the molecule is ClCc1ncccn1.OCc1ncccn1. The molecular weight excluding hydrogens is 228 g/mol. The van der Waals surface area contributed by atoms with Crippen LogP contribution in [0.25, 0.3) is 0 Å². The lowest BCUT2D eigenvalue weighted by molar-refractivity contribution is 0.271. The van der Waals surface area contributed by atoms with Crippen molar-refractivity contribution in [3.8, 4) is 0 Å². The molecule has 2 heterocycles. The largest absolute Gasteiger partial charge is 0.388 e. The van der Waals surface area contributed by atoms with Crippen LogP contribution in [0.3, 0.4) is 0 Å². The van der Waals surface area contributed by atoms with E-state index in [1.165, 1.54) is 0 Å².